The van der Waals surface area contributed by atoms with Crippen molar-refractivity contribution in [2.45, 2.75) is 30.9 Å². The van der Waals surface area contributed by atoms with Gasteiger partial charge in [-0.25, -0.2) is 4.79 Å². The van der Waals surface area contributed by atoms with Crippen LogP contribution in [0, 0.1) is 5.41 Å². The normalized spacial score (nSPS) is 34.9. The van der Waals surface area contributed by atoms with Gasteiger partial charge in [0.1, 0.15) is 12.1 Å². The van der Waals surface area contributed by atoms with Crippen molar-refractivity contribution in [3.63, 3.8) is 0 Å². The average molecular weight is 270 g/mol. The fraction of sp³-hybridized carbons (Fsp3) is 0.778. The summed E-state index contributed by atoms with van der Waals surface area (Å²) in [5.74, 6) is 0.0515. The van der Waals surface area contributed by atoms with Crippen LogP contribution in [0.15, 0.2) is 5.11 Å². The van der Waals surface area contributed by atoms with Crippen LogP contribution in [0.25, 0.3) is 10.4 Å². The summed E-state index contributed by atoms with van der Waals surface area (Å²) >= 11 is 0. The van der Waals surface area contributed by atoms with Crippen LogP contribution in [0.3, 0.4) is 0 Å². The Morgan fingerprint density at radius 1 is 1.74 bits per heavy atom. The fourth-order valence-corrected chi connectivity index (χ4v) is 2.16. The van der Waals surface area contributed by atoms with Gasteiger partial charge in [0.2, 0.25) is 0 Å². The number of carbonyl (C=O) groups is 1. The van der Waals surface area contributed by atoms with Gasteiger partial charge in [-0.3, -0.25) is 10.3 Å². The van der Waals surface area contributed by atoms with Gasteiger partial charge in [-0.1, -0.05) is 5.11 Å². The maximum absolute atomic E-state index is 11.7. The lowest BCUT2D eigenvalue weighted by Gasteiger charge is -2.33. The average Bonchev–Trinajstić information content (AvgIpc) is 2.67. The van der Waals surface area contributed by atoms with Crippen LogP contribution < -0.4 is 5.32 Å². The Bertz CT molecular complexity index is 434. The van der Waals surface area contributed by atoms with Crippen molar-refractivity contribution in [3.8, 4) is 0 Å². The zero-order valence-corrected chi connectivity index (χ0v) is 9.98. The molecular formula is C9H14N6O4. The first-order chi connectivity index (χ1) is 9.04. The summed E-state index contributed by atoms with van der Waals surface area (Å²) in [6, 6.07) is -0.511. The van der Waals surface area contributed by atoms with Crippen LogP contribution >= 0.6 is 0 Å². The molecule has 3 atom stereocenters. The zero-order chi connectivity index (χ0) is 14.0. The van der Waals surface area contributed by atoms with Crippen LogP contribution in [0.5, 0.6) is 0 Å². The molecule has 19 heavy (non-hydrogen) atoms. The van der Waals surface area contributed by atoms with E-state index in [9.17, 15) is 15.0 Å². The van der Waals surface area contributed by atoms with E-state index >= 15 is 0 Å². The second kappa shape index (κ2) is 5.02. The fourth-order valence-electron chi connectivity index (χ4n) is 2.16. The molecule has 10 nitrogen and oxygen atoms in total. The molecule has 2 fully saturated rings. The Labute approximate surface area is 108 Å². The summed E-state index contributed by atoms with van der Waals surface area (Å²) in [6.45, 7) is -0.345. The molecule has 10 heteroatoms. The topological polar surface area (TPSA) is 155 Å². The monoisotopic (exact) mass is 270 g/mol. The molecule has 2 heterocycles. The lowest BCUT2D eigenvalue weighted by Crippen LogP contribution is -2.54. The number of nitrogens with zero attached hydrogens (tertiary/aromatic N) is 4. The molecule has 0 aromatic rings. The molecule has 0 bridgehead atoms. The summed E-state index contributed by atoms with van der Waals surface area (Å²) in [7, 11) is 0. The summed E-state index contributed by atoms with van der Waals surface area (Å²) in [5.41, 5.74) is 6.65. The number of rotatable bonds is 3. The summed E-state index contributed by atoms with van der Waals surface area (Å²) in [4.78, 5) is 15.3. The van der Waals surface area contributed by atoms with E-state index in [1.165, 1.54) is 0 Å². The minimum atomic E-state index is -1.81. The predicted molar refractivity (Wildman–Crippen MR) is 62.0 cm³/mol. The van der Waals surface area contributed by atoms with E-state index in [2.05, 4.69) is 15.3 Å². The number of urea groups is 1. The predicted octanol–water partition coefficient (Wildman–Crippen LogP) is -0.515. The molecule has 0 aromatic carbocycles. The number of nitrogens with one attached hydrogen (secondary N) is 2. The van der Waals surface area contributed by atoms with Crippen LogP contribution in [0.2, 0.25) is 0 Å². The van der Waals surface area contributed by atoms with E-state index in [0.29, 0.717) is 13.0 Å². The SMILES string of the molecule is [N-]=[N+]=N[C@]1(CO)O[C@@H](N2C(=N)CCNC2=O)C[C@@H]1O. The largest absolute Gasteiger partial charge is 0.393 e. The number of aliphatic hydroxyl groups is 2. The van der Waals surface area contributed by atoms with Gasteiger partial charge in [-0.15, -0.1) is 0 Å². The van der Waals surface area contributed by atoms with Gasteiger partial charge < -0.3 is 20.3 Å². The third-order valence-corrected chi connectivity index (χ3v) is 3.16. The standard InChI is InChI=1S/C9H14N6O4/c10-6-1-2-12-8(18)15(6)7-3-5(17)9(4-16,19-7)13-14-11/h5,7,10,16-17H,1-4H2,(H,12,18)/t5-,7+,9+/m0/s1. The first-order valence-corrected chi connectivity index (χ1v) is 5.71. The molecule has 2 aliphatic rings. The van der Waals surface area contributed by atoms with Crippen molar-refractivity contribution in [1.29, 1.82) is 5.41 Å². The quantitative estimate of drug-likeness (QED) is 0.309. The molecule has 0 saturated carbocycles. The van der Waals surface area contributed by atoms with Crippen LogP contribution in [-0.4, -0.2) is 58.2 Å². The van der Waals surface area contributed by atoms with Gasteiger partial charge in [0.15, 0.2) is 5.72 Å². The van der Waals surface area contributed by atoms with Gasteiger partial charge in [0.05, 0.1) is 12.7 Å². The molecule has 0 aliphatic carbocycles. The Kier molecular flexibility index (Phi) is 3.58. The maximum atomic E-state index is 11.7. The summed E-state index contributed by atoms with van der Waals surface area (Å²) in [6.07, 6.45) is -1.90. The number of hydrogen-bond acceptors (Lipinski definition) is 6. The molecule has 104 valence electrons. The van der Waals surface area contributed by atoms with Crippen LogP contribution in [0.1, 0.15) is 12.8 Å². The molecule has 0 unspecified atom stereocenters. The zero-order valence-electron chi connectivity index (χ0n) is 9.98. The molecule has 0 aromatic heterocycles. The van der Waals surface area contributed by atoms with Crippen molar-refractivity contribution in [2.24, 2.45) is 5.11 Å². The Morgan fingerprint density at radius 3 is 3.05 bits per heavy atom. The molecule has 2 rings (SSSR count). The molecule has 0 spiro atoms. The van der Waals surface area contributed by atoms with E-state index in [-0.39, 0.29) is 12.3 Å². The number of amidine groups is 1. The third-order valence-electron chi connectivity index (χ3n) is 3.16. The van der Waals surface area contributed by atoms with Crippen molar-refractivity contribution < 1.29 is 19.7 Å². The number of ether oxygens (including phenoxy) is 1. The third kappa shape index (κ3) is 2.22. The Balaban J connectivity index is 2.22. The number of aliphatic hydroxyl groups excluding tert-OH is 2. The number of azide groups is 1. The van der Waals surface area contributed by atoms with E-state index in [1.807, 2.05) is 0 Å². The van der Waals surface area contributed by atoms with Crippen molar-refractivity contribution in [1.82, 2.24) is 10.2 Å². The van der Waals surface area contributed by atoms with Crippen molar-refractivity contribution in [3.05, 3.63) is 10.4 Å². The highest BCUT2D eigenvalue weighted by molar-refractivity contribution is 5.98. The number of hydrogen-bond donors (Lipinski definition) is 4. The first-order valence-electron chi connectivity index (χ1n) is 5.71. The van der Waals surface area contributed by atoms with E-state index < -0.39 is 30.7 Å². The highest BCUT2D eigenvalue weighted by Crippen LogP contribution is 2.34. The van der Waals surface area contributed by atoms with E-state index in [4.69, 9.17) is 15.7 Å². The molecule has 4 N–H and O–H groups in total. The second-order valence-corrected chi connectivity index (χ2v) is 4.31. The van der Waals surface area contributed by atoms with Crippen molar-refractivity contribution in [2.75, 3.05) is 13.2 Å². The Hall–Kier alpha value is -1.87. The number of carbonyl (C=O) groups excluding carboxylic acids is 1. The molecule has 2 amide bonds. The molecule has 0 radical (unpaired) electrons. The summed E-state index contributed by atoms with van der Waals surface area (Å²) in [5, 5.41) is 32.7. The number of amides is 2. The first kappa shape index (κ1) is 13.6. The maximum Gasteiger partial charge on any atom is 0.324 e. The smallest absolute Gasteiger partial charge is 0.324 e. The molecule has 2 saturated heterocycles. The lowest BCUT2D eigenvalue weighted by molar-refractivity contribution is -0.124. The highest BCUT2D eigenvalue weighted by Gasteiger charge is 2.51. The highest BCUT2D eigenvalue weighted by atomic mass is 16.6. The second-order valence-electron chi connectivity index (χ2n) is 4.31. The minimum Gasteiger partial charge on any atom is -0.393 e. The van der Waals surface area contributed by atoms with Gasteiger partial charge in [0.25, 0.3) is 0 Å². The van der Waals surface area contributed by atoms with Gasteiger partial charge >= 0.3 is 6.03 Å². The minimum absolute atomic E-state index is 0.0462. The Morgan fingerprint density at radius 2 is 2.47 bits per heavy atom. The lowest BCUT2D eigenvalue weighted by atomic mass is 10.1. The molecule has 2 aliphatic heterocycles. The van der Waals surface area contributed by atoms with Gasteiger partial charge in [0, 0.05) is 24.3 Å². The van der Waals surface area contributed by atoms with Crippen LogP contribution in [0.4, 0.5) is 4.79 Å². The molecular weight excluding hydrogens is 256 g/mol. The van der Waals surface area contributed by atoms with Crippen molar-refractivity contribution >= 4 is 11.9 Å². The van der Waals surface area contributed by atoms with E-state index in [0.717, 1.165) is 4.90 Å². The van der Waals surface area contributed by atoms with Gasteiger partial charge in [-0.05, 0) is 5.53 Å². The van der Waals surface area contributed by atoms with Crippen LogP contribution in [-0.2, 0) is 4.74 Å². The van der Waals surface area contributed by atoms with Gasteiger partial charge in [-0.2, -0.15) is 0 Å². The summed E-state index contributed by atoms with van der Waals surface area (Å²) < 4.78 is 5.34. The van der Waals surface area contributed by atoms with E-state index in [1.54, 1.807) is 0 Å².